The highest BCUT2D eigenvalue weighted by Crippen LogP contribution is 2.15. The smallest absolute Gasteiger partial charge is 0.319 e. The minimum absolute atomic E-state index is 0.0256. The monoisotopic (exact) mass is 254 g/mol. The maximum absolute atomic E-state index is 13.0. The molecule has 1 aromatic rings. The van der Waals surface area contributed by atoms with E-state index >= 15 is 0 Å². The first-order chi connectivity index (χ1) is 8.56. The van der Waals surface area contributed by atoms with Crippen LogP contribution in [0.3, 0.4) is 0 Å². The Balaban J connectivity index is 2.61. The Morgan fingerprint density at radius 3 is 2.83 bits per heavy atom. The molecule has 1 unspecified atom stereocenters. The van der Waals surface area contributed by atoms with Gasteiger partial charge in [0.25, 0.3) is 0 Å². The van der Waals surface area contributed by atoms with Gasteiger partial charge in [0.05, 0.1) is 0 Å². The van der Waals surface area contributed by atoms with Crippen LogP contribution in [0.15, 0.2) is 18.2 Å². The van der Waals surface area contributed by atoms with Crippen molar-refractivity contribution in [3.05, 3.63) is 29.6 Å². The number of rotatable bonds is 5. The van der Waals surface area contributed by atoms with E-state index < -0.39 is 5.82 Å². The molecule has 0 aromatic heterocycles. The van der Waals surface area contributed by atoms with Crippen LogP contribution in [-0.4, -0.2) is 23.8 Å². The van der Waals surface area contributed by atoms with E-state index in [4.69, 9.17) is 5.11 Å². The summed E-state index contributed by atoms with van der Waals surface area (Å²) in [5, 5.41) is 14.2. The fourth-order valence-electron chi connectivity index (χ4n) is 1.61. The van der Waals surface area contributed by atoms with E-state index in [1.807, 2.05) is 6.92 Å². The van der Waals surface area contributed by atoms with Gasteiger partial charge in [0, 0.05) is 18.3 Å². The number of benzene rings is 1. The van der Waals surface area contributed by atoms with Crippen LogP contribution in [0, 0.1) is 12.7 Å². The Labute approximate surface area is 106 Å². The second kappa shape index (κ2) is 6.96. The van der Waals surface area contributed by atoms with Gasteiger partial charge in [-0.1, -0.05) is 13.0 Å². The fraction of sp³-hybridized carbons (Fsp3) is 0.462. The van der Waals surface area contributed by atoms with Gasteiger partial charge in [0.1, 0.15) is 5.82 Å². The number of hydrogen-bond acceptors (Lipinski definition) is 2. The summed E-state index contributed by atoms with van der Waals surface area (Å²) in [6.07, 6.45) is 1.24. The summed E-state index contributed by atoms with van der Waals surface area (Å²) in [6, 6.07) is 3.77. The summed E-state index contributed by atoms with van der Waals surface area (Å²) in [4.78, 5) is 11.7. The Morgan fingerprint density at radius 2 is 2.22 bits per heavy atom. The molecule has 5 heteroatoms. The summed E-state index contributed by atoms with van der Waals surface area (Å²) in [7, 11) is 0. The first-order valence-corrected chi connectivity index (χ1v) is 6.01. The molecule has 0 heterocycles. The molecule has 1 rings (SSSR count). The summed E-state index contributed by atoms with van der Waals surface area (Å²) in [5.74, 6) is -0.390. The third-order valence-electron chi connectivity index (χ3n) is 2.75. The lowest BCUT2D eigenvalue weighted by molar-refractivity contribution is 0.237. The number of aliphatic hydroxyl groups excluding tert-OH is 1. The van der Waals surface area contributed by atoms with Crippen molar-refractivity contribution in [2.45, 2.75) is 32.7 Å². The number of carbonyl (C=O) groups is 1. The molecule has 18 heavy (non-hydrogen) atoms. The van der Waals surface area contributed by atoms with Gasteiger partial charge < -0.3 is 15.7 Å². The molecule has 3 N–H and O–H groups in total. The topological polar surface area (TPSA) is 61.4 Å². The fourth-order valence-corrected chi connectivity index (χ4v) is 1.61. The maximum Gasteiger partial charge on any atom is 0.319 e. The number of carbonyl (C=O) groups excluding carboxylic acids is 1. The second-order valence-electron chi connectivity index (χ2n) is 4.18. The molecule has 1 atom stereocenters. The molecule has 1 aromatic carbocycles. The van der Waals surface area contributed by atoms with Crippen molar-refractivity contribution >= 4 is 11.7 Å². The quantitative estimate of drug-likeness (QED) is 0.755. The van der Waals surface area contributed by atoms with E-state index in [0.717, 1.165) is 12.0 Å². The highest BCUT2D eigenvalue weighted by molar-refractivity contribution is 5.90. The van der Waals surface area contributed by atoms with Crippen molar-refractivity contribution in [2.75, 3.05) is 11.9 Å². The van der Waals surface area contributed by atoms with Crippen molar-refractivity contribution < 1.29 is 14.3 Å². The third-order valence-corrected chi connectivity index (χ3v) is 2.75. The molecule has 2 amide bonds. The van der Waals surface area contributed by atoms with Gasteiger partial charge in [-0.05, 0) is 37.5 Å². The van der Waals surface area contributed by atoms with E-state index in [2.05, 4.69) is 10.6 Å². The van der Waals surface area contributed by atoms with Crippen LogP contribution in [0.2, 0.25) is 0 Å². The van der Waals surface area contributed by atoms with Gasteiger partial charge in [0.2, 0.25) is 0 Å². The number of nitrogens with one attached hydrogen (secondary N) is 2. The van der Waals surface area contributed by atoms with Gasteiger partial charge >= 0.3 is 6.03 Å². The van der Waals surface area contributed by atoms with Gasteiger partial charge in [-0.3, -0.25) is 0 Å². The second-order valence-corrected chi connectivity index (χ2v) is 4.18. The number of amides is 2. The molecular formula is C13H19FN2O2. The highest BCUT2D eigenvalue weighted by atomic mass is 19.1. The van der Waals surface area contributed by atoms with E-state index in [1.54, 1.807) is 13.0 Å². The molecule has 4 nitrogen and oxygen atoms in total. The minimum atomic E-state index is -0.390. The van der Waals surface area contributed by atoms with Crippen molar-refractivity contribution in [3.8, 4) is 0 Å². The molecule has 0 aliphatic heterocycles. The number of anilines is 1. The van der Waals surface area contributed by atoms with E-state index in [-0.39, 0.29) is 18.7 Å². The molecule has 0 radical (unpaired) electrons. The summed E-state index contributed by atoms with van der Waals surface area (Å²) in [6.45, 7) is 3.74. The summed E-state index contributed by atoms with van der Waals surface area (Å²) < 4.78 is 13.0. The van der Waals surface area contributed by atoms with E-state index in [0.29, 0.717) is 12.1 Å². The Kier molecular flexibility index (Phi) is 5.58. The number of hydrogen-bond donors (Lipinski definition) is 3. The molecule has 0 saturated heterocycles. The minimum Gasteiger partial charge on any atom is -0.396 e. The van der Waals surface area contributed by atoms with Crippen LogP contribution in [0.1, 0.15) is 25.3 Å². The van der Waals surface area contributed by atoms with Crippen molar-refractivity contribution in [3.63, 3.8) is 0 Å². The molecule has 0 fully saturated rings. The van der Waals surface area contributed by atoms with Crippen LogP contribution >= 0.6 is 0 Å². The van der Waals surface area contributed by atoms with Crippen molar-refractivity contribution in [2.24, 2.45) is 0 Å². The van der Waals surface area contributed by atoms with Crippen LogP contribution in [0.25, 0.3) is 0 Å². The summed E-state index contributed by atoms with van der Waals surface area (Å²) >= 11 is 0. The molecule has 0 bridgehead atoms. The van der Waals surface area contributed by atoms with Gasteiger partial charge in [-0.15, -0.1) is 0 Å². The van der Waals surface area contributed by atoms with Crippen LogP contribution in [0.4, 0.5) is 14.9 Å². The van der Waals surface area contributed by atoms with Crippen molar-refractivity contribution in [1.29, 1.82) is 0 Å². The molecule has 0 aliphatic rings. The number of urea groups is 1. The zero-order chi connectivity index (χ0) is 13.5. The van der Waals surface area contributed by atoms with Gasteiger partial charge in [-0.25, -0.2) is 9.18 Å². The Morgan fingerprint density at radius 1 is 1.50 bits per heavy atom. The molecule has 100 valence electrons. The van der Waals surface area contributed by atoms with Gasteiger partial charge in [-0.2, -0.15) is 0 Å². The van der Waals surface area contributed by atoms with Crippen molar-refractivity contribution in [1.82, 2.24) is 5.32 Å². The van der Waals surface area contributed by atoms with E-state index in [9.17, 15) is 9.18 Å². The maximum atomic E-state index is 13.0. The lowest BCUT2D eigenvalue weighted by atomic mass is 10.1. The lowest BCUT2D eigenvalue weighted by Gasteiger charge is -2.17. The lowest BCUT2D eigenvalue weighted by Crippen LogP contribution is -2.38. The van der Waals surface area contributed by atoms with Crippen LogP contribution in [-0.2, 0) is 0 Å². The molecular weight excluding hydrogens is 235 g/mol. The SMILES string of the molecule is CCC(CCO)NC(=O)Nc1cc(F)ccc1C. The Hall–Kier alpha value is -1.62. The zero-order valence-corrected chi connectivity index (χ0v) is 10.7. The van der Waals surface area contributed by atoms with E-state index in [1.165, 1.54) is 12.1 Å². The standard InChI is InChI=1S/C13H19FN2O2/c1-3-11(6-7-17)15-13(18)16-12-8-10(14)5-4-9(12)2/h4-5,8,11,17H,3,6-7H2,1-2H3,(H2,15,16,18). The largest absolute Gasteiger partial charge is 0.396 e. The normalized spacial score (nSPS) is 12.0. The first-order valence-electron chi connectivity index (χ1n) is 6.01. The number of halogens is 1. The molecule has 0 spiro atoms. The Bertz CT molecular complexity index is 410. The predicted molar refractivity (Wildman–Crippen MR) is 69.1 cm³/mol. The predicted octanol–water partition coefficient (Wildman–Crippen LogP) is 2.42. The van der Waals surface area contributed by atoms with Gasteiger partial charge in [0.15, 0.2) is 0 Å². The third kappa shape index (κ3) is 4.33. The molecule has 0 aliphatic carbocycles. The summed E-state index contributed by atoms with van der Waals surface area (Å²) in [5.41, 5.74) is 1.24. The average Bonchev–Trinajstić information content (AvgIpc) is 2.33. The van der Waals surface area contributed by atoms with Crippen LogP contribution in [0.5, 0.6) is 0 Å². The zero-order valence-electron chi connectivity index (χ0n) is 10.7. The highest BCUT2D eigenvalue weighted by Gasteiger charge is 2.10. The average molecular weight is 254 g/mol. The number of aryl methyl sites for hydroxylation is 1. The first kappa shape index (κ1) is 14.4. The van der Waals surface area contributed by atoms with Crippen LogP contribution < -0.4 is 10.6 Å². The molecule has 0 saturated carbocycles. The number of aliphatic hydroxyl groups is 1.